The Morgan fingerprint density at radius 3 is 2.93 bits per heavy atom. The van der Waals surface area contributed by atoms with Gasteiger partial charge in [0.25, 0.3) is 0 Å². The van der Waals surface area contributed by atoms with Gasteiger partial charge in [0.2, 0.25) is 0 Å². The number of aryl methyl sites for hydroxylation is 1. The number of para-hydroxylation sites is 2. The lowest BCUT2D eigenvalue weighted by Crippen LogP contribution is -2.10. The highest BCUT2D eigenvalue weighted by atomic mass is 19.1. The molecule has 2 N–H and O–H groups in total. The summed E-state index contributed by atoms with van der Waals surface area (Å²) in [6.45, 7) is -0.694. The van der Waals surface area contributed by atoms with Crippen LogP contribution in [0.2, 0.25) is 0 Å². The van der Waals surface area contributed by atoms with Crippen molar-refractivity contribution in [2.45, 2.75) is 18.9 Å². The molecule has 2 aromatic rings. The van der Waals surface area contributed by atoms with Crippen LogP contribution in [0.3, 0.4) is 0 Å². The molecule has 0 aliphatic carbocycles. The predicted molar refractivity (Wildman–Crippen MR) is 56.4 cm³/mol. The van der Waals surface area contributed by atoms with Crippen molar-refractivity contribution in [3.63, 3.8) is 0 Å². The maximum atomic E-state index is 12.0. The summed E-state index contributed by atoms with van der Waals surface area (Å²) in [6, 6.07) is 7.71. The van der Waals surface area contributed by atoms with Crippen molar-refractivity contribution in [2.24, 2.45) is 0 Å². The van der Waals surface area contributed by atoms with Gasteiger partial charge in [-0.05, 0) is 18.6 Å². The van der Waals surface area contributed by atoms with Gasteiger partial charge in [0.1, 0.15) is 12.5 Å². The molecular formula is C11H13FN2O. The Kier molecular flexibility index (Phi) is 2.97. The van der Waals surface area contributed by atoms with Gasteiger partial charge in [0.15, 0.2) is 0 Å². The normalized spacial score (nSPS) is 13.2. The van der Waals surface area contributed by atoms with Crippen LogP contribution in [0.5, 0.6) is 0 Å². The van der Waals surface area contributed by atoms with Gasteiger partial charge in [0.05, 0.1) is 17.1 Å². The number of H-pyrrole nitrogens is 1. The number of nitrogens with zero attached hydrogens (tertiary/aromatic N) is 1. The highest BCUT2D eigenvalue weighted by molar-refractivity contribution is 5.74. The summed E-state index contributed by atoms with van der Waals surface area (Å²) in [5.41, 5.74) is 1.88. The van der Waals surface area contributed by atoms with E-state index >= 15 is 0 Å². The van der Waals surface area contributed by atoms with Crippen LogP contribution in [0, 0.1) is 0 Å². The van der Waals surface area contributed by atoms with Crippen LogP contribution in [-0.4, -0.2) is 27.9 Å². The standard InChI is InChI=1S/C11H13FN2O/c12-7-8(15)5-6-11-13-9-3-1-2-4-10(9)14-11/h1-4,8,15H,5-7H2,(H,13,14). The van der Waals surface area contributed by atoms with Crippen molar-refractivity contribution in [3.05, 3.63) is 30.1 Å². The number of alkyl halides is 1. The highest BCUT2D eigenvalue weighted by Crippen LogP contribution is 2.11. The smallest absolute Gasteiger partial charge is 0.115 e. The maximum Gasteiger partial charge on any atom is 0.115 e. The molecular weight excluding hydrogens is 195 g/mol. The van der Waals surface area contributed by atoms with Crippen molar-refractivity contribution in [2.75, 3.05) is 6.67 Å². The predicted octanol–water partition coefficient (Wildman–Crippen LogP) is 1.83. The van der Waals surface area contributed by atoms with Crippen LogP contribution in [0.15, 0.2) is 24.3 Å². The van der Waals surface area contributed by atoms with E-state index in [1.54, 1.807) is 0 Å². The molecule has 1 atom stereocenters. The molecule has 1 aromatic carbocycles. The van der Waals surface area contributed by atoms with Gasteiger partial charge in [-0.15, -0.1) is 0 Å². The molecule has 1 heterocycles. The van der Waals surface area contributed by atoms with Crippen LogP contribution < -0.4 is 0 Å². The quantitative estimate of drug-likeness (QED) is 0.805. The second-order valence-electron chi connectivity index (χ2n) is 3.55. The van der Waals surface area contributed by atoms with Gasteiger partial charge in [-0.3, -0.25) is 0 Å². The highest BCUT2D eigenvalue weighted by Gasteiger charge is 2.06. The number of aromatic nitrogens is 2. The van der Waals surface area contributed by atoms with Crippen LogP contribution in [0.1, 0.15) is 12.2 Å². The number of nitrogens with one attached hydrogen (secondary N) is 1. The summed E-state index contributed by atoms with van der Waals surface area (Å²) in [5, 5.41) is 9.08. The first-order valence-electron chi connectivity index (χ1n) is 4.97. The minimum atomic E-state index is -0.877. The van der Waals surface area contributed by atoms with Gasteiger partial charge in [-0.1, -0.05) is 12.1 Å². The number of benzene rings is 1. The van der Waals surface area contributed by atoms with Crippen LogP contribution in [0.4, 0.5) is 4.39 Å². The third kappa shape index (κ3) is 2.33. The second kappa shape index (κ2) is 4.40. The summed E-state index contributed by atoms with van der Waals surface area (Å²) in [6.07, 6.45) is 0.0917. The van der Waals surface area contributed by atoms with Crippen molar-refractivity contribution in [3.8, 4) is 0 Å². The number of aromatic amines is 1. The van der Waals surface area contributed by atoms with E-state index < -0.39 is 12.8 Å². The van der Waals surface area contributed by atoms with E-state index in [1.165, 1.54) is 0 Å². The zero-order chi connectivity index (χ0) is 10.7. The average Bonchev–Trinajstić information content (AvgIpc) is 2.68. The second-order valence-corrected chi connectivity index (χ2v) is 3.55. The largest absolute Gasteiger partial charge is 0.390 e. The van der Waals surface area contributed by atoms with Gasteiger partial charge in [0, 0.05) is 6.42 Å². The summed E-state index contributed by atoms with van der Waals surface area (Å²) in [5.74, 6) is 0.795. The Morgan fingerprint density at radius 1 is 1.40 bits per heavy atom. The zero-order valence-corrected chi connectivity index (χ0v) is 8.28. The molecule has 0 radical (unpaired) electrons. The van der Waals surface area contributed by atoms with Gasteiger partial charge >= 0.3 is 0 Å². The van der Waals surface area contributed by atoms with Crippen molar-refractivity contribution in [1.82, 2.24) is 9.97 Å². The number of hydrogen-bond donors (Lipinski definition) is 2. The summed E-state index contributed by atoms with van der Waals surface area (Å²) in [7, 11) is 0. The number of hydrogen-bond acceptors (Lipinski definition) is 2. The first kappa shape index (κ1) is 10.1. The molecule has 1 aromatic heterocycles. The number of rotatable bonds is 4. The molecule has 0 aliphatic heterocycles. The number of fused-ring (bicyclic) bond motifs is 1. The van der Waals surface area contributed by atoms with Gasteiger partial charge < -0.3 is 10.1 Å². The van der Waals surface area contributed by atoms with Crippen LogP contribution in [0.25, 0.3) is 11.0 Å². The minimum absolute atomic E-state index is 0.399. The zero-order valence-electron chi connectivity index (χ0n) is 8.28. The van der Waals surface area contributed by atoms with Crippen LogP contribution in [-0.2, 0) is 6.42 Å². The van der Waals surface area contributed by atoms with Crippen LogP contribution >= 0.6 is 0 Å². The molecule has 1 unspecified atom stereocenters. The lowest BCUT2D eigenvalue weighted by Gasteiger charge is -2.02. The fraction of sp³-hybridized carbons (Fsp3) is 0.364. The third-order valence-corrected chi connectivity index (χ3v) is 2.33. The average molecular weight is 208 g/mol. The summed E-state index contributed by atoms with van der Waals surface area (Å²) < 4.78 is 12.0. The fourth-order valence-corrected chi connectivity index (χ4v) is 1.50. The number of halogens is 1. The number of aliphatic hydroxyl groups is 1. The first-order chi connectivity index (χ1) is 7.29. The van der Waals surface area contributed by atoms with E-state index in [0.29, 0.717) is 12.8 Å². The number of imidazole rings is 1. The molecule has 0 bridgehead atoms. The Hall–Kier alpha value is -1.42. The minimum Gasteiger partial charge on any atom is -0.390 e. The third-order valence-electron chi connectivity index (χ3n) is 2.33. The Balaban J connectivity index is 2.09. The van der Waals surface area contributed by atoms with E-state index in [9.17, 15) is 4.39 Å². The molecule has 0 spiro atoms. The van der Waals surface area contributed by atoms with E-state index in [0.717, 1.165) is 16.9 Å². The van der Waals surface area contributed by atoms with E-state index in [2.05, 4.69) is 9.97 Å². The Labute approximate surface area is 87.0 Å². The van der Waals surface area contributed by atoms with E-state index in [4.69, 9.17) is 5.11 Å². The molecule has 15 heavy (non-hydrogen) atoms. The monoisotopic (exact) mass is 208 g/mol. The van der Waals surface area contributed by atoms with Gasteiger partial charge in [-0.25, -0.2) is 9.37 Å². The topological polar surface area (TPSA) is 48.9 Å². The molecule has 2 rings (SSSR count). The summed E-state index contributed by atoms with van der Waals surface area (Å²) >= 11 is 0. The molecule has 3 nitrogen and oxygen atoms in total. The molecule has 0 fully saturated rings. The Bertz CT molecular complexity index is 408. The first-order valence-corrected chi connectivity index (χ1v) is 4.97. The van der Waals surface area contributed by atoms with Crippen molar-refractivity contribution >= 4 is 11.0 Å². The lowest BCUT2D eigenvalue weighted by atomic mass is 10.2. The molecule has 80 valence electrons. The van der Waals surface area contributed by atoms with Crippen molar-refractivity contribution < 1.29 is 9.50 Å². The molecule has 0 saturated heterocycles. The molecule has 0 saturated carbocycles. The van der Waals surface area contributed by atoms with E-state index in [1.807, 2.05) is 24.3 Å². The van der Waals surface area contributed by atoms with Crippen molar-refractivity contribution in [1.29, 1.82) is 0 Å². The number of aliphatic hydroxyl groups excluding tert-OH is 1. The molecule has 0 aliphatic rings. The maximum absolute atomic E-state index is 12.0. The molecule has 0 amide bonds. The SMILES string of the molecule is OC(CF)CCc1nc2ccccc2[nH]1. The van der Waals surface area contributed by atoms with E-state index in [-0.39, 0.29) is 0 Å². The Morgan fingerprint density at radius 2 is 2.20 bits per heavy atom. The van der Waals surface area contributed by atoms with Gasteiger partial charge in [-0.2, -0.15) is 0 Å². The fourth-order valence-electron chi connectivity index (χ4n) is 1.50. The lowest BCUT2D eigenvalue weighted by molar-refractivity contribution is 0.131. The summed E-state index contributed by atoms with van der Waals surface area (Å²) in [4.78, 5) is 7.46. The molecule has 4 heteroatoms.